The van der Waals surface area contributed by atoms with Crippen molar-refractivity contribution in [3.63, 3.8) is 0 Å². The Morgan fingerprint density at radius 3 is 2.60 bits per heavy atom. The minimum absolute atomic E-state index is 0.138. The van der Waals surface area contributed by atoms with Crippen LogP contribution in [-0.4, -0.2) is 34.1 Å². The van der Waals surface area contributed by atoms with Crippen molar-refractivity contribution in [2.24, 2.45) is 0 Å². The zero-order valence-corrected chi connectivity index (χ0v) is 16.4. The van der Waals surface area contributed by atoms with Crippen LogP contribution in [0.1, 0.15) is 13.3 Å². The van der Waals surface area contributed by atoms with Gasteiger partial charge < -0.3 is 9.64 Å². The number of carbonyl (C=O) groups excluding carboxylic acids is 2. The second-order valence-corrected chi connectivity index (χ2v) is 6.56. The van der Waals surface area contributed by atoms with Gasteiger partial charge in [0.1, 0.15) is 6.54 Å². The molecule has 0 spiro atoms. The van der Waals surface area contributed by atoms with E-state index in [4.69, 9.17) is 10.00 Å². The van der Waals surface area contributed by atoms with Crippen LogP contribution in [0.3, 0.4) is 0 Å². The summed E-state index contributed by atoms with van der Waals surface area (Å²) < 4.78 is 6.41. The highest BCUT2D eigenvalue weighted by Gasteiger charge is 2.25. The van der Waals surface area contributed by atoms with Crippen molar-refractivity contribution in [3.8, 4) is 6.07 Å². The molecule has 1 amide bonds. The maximum atomic E-state index is 12.8. The number of para-hydroxylation sites is 2. The Kier molecular flexibility index (Phi) is 6.55. The average molecular weight is 404 g/mol. The van der Waals surface area contributed by atoms with Crippen molar-refractivity contribution < 1.29 is 14.3 Å². The third-order valence-electron chi connectivity index (χ3n) is 4.47. The number of hydrogen-bond acceptors (Lipinski definition) is 6. The third-order valence-corrected chi connectivity index (χ3v) is 4.47. The Balaban J connectivity index is 1.71. The van der Waals surface area contributed by atoms with E-state index in [1.165, 1.54) is 18.2 Å². The summed E-state index contributed by atoms with van der Waals surface area (Å²) in [5.74, 6) is -1.18. The van der Waals surface area contributed by atoms with Gasteiger partial charge in [0, 0.05) is 12.2 Å². The van der Waals surface area contributed by atoms with Gasteiger partial charge in [0.15, 0.2) is 6.10 Å². The van der Waals surface area contributed by atoms with Crippen molar-refractivity contribution in [2.45, 2.75) is 26.0 Å². The first-order valence-corrected chi connectivity index (χ1v) is 9.38. The van der Waals surface area contributed by atoms with E-state index in [-0.39, 0.29) is 25.1 Å². The summed E-state index contributed by atoms with van der Waals surface area (Å²) in [6, 6.07) is 17.7. The van der Waals surface area contributed by atoms with E-state index >= 15 is 0 Å². The normalized spacial score (nSPS) is 11.5. The molecule has 0 saturated carbocycles. The van der Waals surface area contributed by atoms with Crippen LogP contribution >= 0.6 is 0 Å². The van der Waals surface area contributed by atoms with Crippen molar-refractivity contribution in [1.29, 1.82) is 5.26 Å². The van der Waals surface area contributed by atoms with Crippen LogP contribution in [-0.2, 0) is 20.9 Å². The molecule has 3 rings (SSSR count). The predicted octanol–water partition coefficient (Wildman–Crippen LogP) is 2.28. The molecule has 1 aromatic heterocycles. The molecule has 3 aromatic rings. The molecule has 8 nitrogen and oxygen atoms in total. The number of aromatic nitrogens is 2. The lowest BCUT2D eigenvalue weighted by atomic mass is 10.2. The zero-order chi connectivity index (χ0) is 21.5. The van der Waals surface area contributed by atoms with E-state index in [0.717, 1.165) is 4.57 Å². The molecule has 0 fully saturated rings. The van der Waals surface area contributed by atoms with Crippen molar-refractivity contribution in [2.75, 3.05) is 11.4 Å². The molecular formula is C22H20N4O4. The Morgan fingerprint density at radius 1 is 1.17 bits per heavy atom. The number of amides is 1. The van der Waals surface area contributed by atoms with Crippen molar-refractivity contribution in [3.05, 3.63) is 71.3 Å². The molecule has 0 aliphatic carbocycles. The molecule has 0 N–H and O–H groups in total. The largest absolute Gasteiger partial charge is 0.451 e. The highest BCUT2D eigenvalue weighted by Crippen LogP contribution is 2.16. The number of nitriles is 1. The Labute approximate surface area is 172 Å². The number of nitrogens with zero attached hydrogens (tertiary/aromatic N) is 4. The van der Waals surface area contributed by atoms with E-state index in [1.54, 1.807) is 48.5 Å². The number of ether oxygens (including phenoxy) is 1. The summed E-state index contributed by atoms with van der Waals surface area (Å²) in [5.41, 5.74) is 0.777. The molecule has 1 heterocycles. The summed E-state index contributed by atoms with van der Waals surface area (Å²) in [7, 11) is 0. The number of benzene rings is 2. The number of anilines is 1. The fourth-order valence-electron chi connectivity index (χ4n) is 3.00. The quantitative estimate of drug-likeness (QED) is 0.560. The lowest BCUT2D eigenvalue weighted by Gasteiger charge is -2.25. The molecule has 0 radical (unpaired) electrons. The number of esters is 1. The minimum atomic E-state index is -1.08. The number of fused-ring (bicyclic) bond motifs is 1. The van der Waals surface area contributed by atoms with E-state index in [0.29, 0.717) is 16.6 Å². The highest BCUT2D eigenvalue weighted by atomic mass is 16.5. The fraction of sp³-hybridized carbons (Fsp3) is 0.227. The average Bonchev–Trinajstić information content (AvgIpc) is 2.76. The molecular weight excluding hydrogens is 384 g/mol. The highest BCUT2D eigenvalue weighted by molar-refractivity contribution is 5.97. The van der Waals surface area contributed by atoms with Crippen LogP contribution in [0.2, 0.25) is 0 Å². The molecule has 0 saturated heterocycles. The van der Waals surface area contributed by atoms with Crippen LogP contribution in [0.4, 0.5) is 5.69 Å². The fourth-order valence-corrected chi connectivity index (χ4v) is 3.00. The number of rotatable bonds is 7. The molecule has 0 aliphatic rings. The first kappa shape index (κ1) is 20.7. The van der Waals surface area contributed by atoms with Gasteiger partial charge in [-0.3, -0.25) is 19.0 Å². The van der Waals surface area contributed by atoms with E-state index in [1.807, 2.05) is 12.1 Å². The lowest BCUT2D eigenvalue weighted by molar-refractivity contribution is -0.154. The Bertz CT molecular complexity index is 1150. The smallest absolute Gasteiger partial charge is 0.326 e. The lowest BCUT2D eigenvalue weighted by Crippen LogP contribution is -2.41. The second kappa shape index (κ2) is 9.47. The van der Waals surface area contributed by atoms with Crippen molar-refractivity contribution in [1.82, 2.24) is 9.55 Å². The third kappa shape index (κ3) is 4.70. The molecule has 2 aromatic carbocycles. The summed E-state index contributed by atoms with van der Waals surface area (Å²) in [6.45, 7) is 1.27. The standard InChI is InChI=1S/C22H20N4O4/c1-16(21(28)26(13-7-12-23)17-8-3-2-4-9-17)30-20(27)14-25-15-24-19-11-6-5-10-18(19)22(25)29/h2-6,8-11,15-16H,7,13-14H2,1H3/t16-/m1/s1. The van der Waals surface area contributed by atoms with Gasteiger partial charge in [0.25, 0.3) is 11.5 Å². The SMILES string of the molecule is C[C@@H](OC(=O)Cn1cnc2ccccc2c1=O)C(=O)N(CCC#N)c1ccccc1. The Morgan fingerprint density at radius 2 is 1.87 bits per heavy atom. The molecule has 0 aliphatic heterocycles. The van der Waals surface area contributed by atoms with Gasteiger partial charge in [-0.2, -0.15) is 5.26 Å². The van der Waals surface area contributed by atoms with E-state index in [9.17, 15) is 14.4 Å². The van der Waals surface area contributed by atoms with Gasteiger partial charge in [0.05, 0.1) is 29.7 Å². The summed E-state index contributed by atoms with van der Waals surface area (Å²) in [5, 5.41) is 9.27. The van der Waals surface area contributed by atoms with Gasteiger partial charge in [-0.1, -0.05) is 30.3 Å². The van der Waals surface area contributed by atoms with Gasteiger partial charge in [0.2, 0.25) is 0 Å². The van der Waals surface area contributed by atoms with Crippen LogP contribution in [0.15, 0.2) is 65.7 Å². The van der Waals surface area contributed by atoms with Crippen LogP contribution in [0.5, 0.6) is 0 Å². The predicted molar refractivity (Wildman–Crippen MR) is 111 cm³/mol. The Hall–Kier alpha value is -3.99. The first-order chi connectivity index (χ1) is 14.5. The molecule has 152 valence electrons. The number of carbonyl (C=O) groups is 2. The maximum absolute atomic E-state index is 12.8. The summed E-state index contributed by atoms with van der Waals surface area (Å²) in [4.78, 5) is 43.3. The topological polar surface area (TPSA) is 105 Å². The zero-order valence-electron chi connectivity index (χ0n) is 16.4. The van der Waals surface area contributed by atoms with Gasteiger partial charge in [-0.25, -0.2) is 4.98 Å². The molecule has 8 heteroatoms. The van der Waals surface area contributed by atoms with Gasteiger partial charge >= 0.3 is 5.97 Å². The van der Waals surface area contributed by atoms with Gasteiger partial charge in [-0.15, -0.1) is 0 Å². The van der Waals surface area contributed by atoms with Crippen LogP contribution < -0.4 is 10.5 Å². The van der Waals surface area contributed by atoms with Crippen molar-refractivity contribution >= 4 is 28.5 Å². The molecule has 1 atom stereocenters. The molecule has 0 unspecified atom stereocenters. The van der Waals surface area contributed by atoms with Crippen LogP contribution in [0.25, 0.3) is 10.9 Å². The number of hydrogen-bond donors (Lipinski definition) is 0. The summed E-state index contributed by atoms with van der Waals surface area (Å²) in [6.07, 6.45) is 0.335. The van der Waals surface area contributed by atoms with E-state index < -0.39 is 18.0 Å². The van der Waals surface area contributed by atoms with E-state index in [2.05, 4.69) is 4.98 Å². The molecule has 30 heavy (non-hydrogen) atoms. The minimum Gasteiger partial charge on any atom is -0.451 e. The monoisotopic (exact) mass is 404 g/mol. The second-order valence-electron chi connectivity index (χ2n) is 6.56. The van der Waals surface area contributed by atoms with Crippen LogP contribution in [0, 0.1) is 11.3 Å². The maximum Gasteiger partial charge on any atom is 0.326 e. The molecule has 0 bridgehead atoms. The van der Waals surface area contributed by atoms with Gasteiger partial charge in [-0.05, 0) is 31.2 Å². The summed E-state index contributed by atoms with van der Waals surface area (Å²) >= 11 is 0. The first-order valence-electron chi connectivity index (χ1n) is 9.38.